The van der Waals surface area contributed by atoms with Crippen molar-refractivity contribution in [2.75, 3.05) is 0 Å². The van der Waals surface area contributed by atoms with Gasteiger partial charge in [-0.2, -0.15) is 5.10 Å². The third-order valence-electron chi connectivity index (χ3n) is 1.86. The highest BCUT2D eigenvalue weighted by Gasteiger charge is 2.04. The van der Waals surface area contributed by atoms with Gasteiger partial charge >= 0.3 is 0 Å². The molecule has 2 nitrogen and oxygen atoms in total. The van der Waals surface area contributed by atoms with Gasteiger partial charge in [0.25, 0.3) is 0 Å². The van der Waals surface area contributed by atoms with Crippen molar-refractivity contribution in [2.24, 2.45) is 0 Å². The minimum Gasteiger partial charge on any atom is -0.269 e. The van der Waals surface area contributed by atoms with Gasteiger partial charge in [0.05, 0.1) is 5.69 Å². The molecule has 1 aromatic rings. The number of nitrogens with zero attached hydrogens (tertiary/aromatic N) is 2. The molecule has 90 valence electrons. The molecule has 0 fully saturated rings. The largest absolute Gasteiger partial charge is 0.269 e. The summed E-state index contributed by atoms with van der Waals surface area (Å²) in [5.74, 6) is 0. The summed E-state index contributed by atoms with van der Waals surface area (Å²) >= 11 is 0. The second kappa shape index (κ2) is 7.91. The van der Waals surface area contributed by atoms with Gasteiger partial charge in [0.15, 0.2) is 0 Å². The molecule has 1 rings (SSSR count). The van der Waals surface area contributed by atoms with Gasteiger partial charge in [-0.15, -0.1) is 0 Å². The van der Waals surface area contributed by atoms with Gasteiger partial charge in [0, 0.05) is 17.8 Å². The van der Waals surface area contributed by atoms with Crippen molar-refractivity contribution in [2.45, 2.75) is 47.1 Å². The Morgan fingerprint density at radius 2 is 2.00 bits per heavy atom. The molecule has 0 N–H and O–H groups in total. The molecule has 0 aliphatic rings. The minimum atomic E-state index is 0.401. The Morgan fingerprint density at radius 3 is 2.38 bits per heavy atom. The Hall–Kier alpha value is -1.31. The minimum absolute atomic E-state index is 0.401. The van der Waals surface area contributed by atoms with Crippen molar-refractivity contribution >= 4 is 12.2 Å². The molecule has 0 saturated heterocycles. The van der Waals surface area contributed by atoms with Crippen LogP contribution in [-0.4, -0.2) is 9.78 Å². The normalized spacial score (nSPS) is 10.4. The Kier molecular flexibility index (Phi) is 7.27. The summed E-state index contributed by atoms with van der Waals surface area (Å²) in [7, 11) is 0. The summed E-state index contributed by atoms with van der Waals surface area (Å²) in [6.45, 7) is 14.2. The number of hydrogen-bond donors (Lipinski definition) is 0. The van der Waals surface area contributed by atoms with E-state index in [1.807, 2.05) is 36.0 Å². The molecule has 2 heteroatoms. The maximum Gasteiger partial charge on any atom is 0.0919 e. The van der Waals surface area contributed by atoms with Crippen LogP contribution in [0.25, 0.3) is 12.2 Å². The summed E-state index contributed by atoms with van der Waals surface area (Å²) in [5, 5.41) is 4.43. The number of allylic oxidation sites excluding steroid dienone is 1. The first kappa shape index (κ1) is 14.7. The number of hydrogen-bond acceptors (Lipinski definition) is 1. The smallest absolute Gasteiger partial charge is 0.0919 e. The van der Waals surface area contributed by atoms with Crippen LogP contribution in [-0.2, 0) is 0 Å². The van der Waals surface area contributed by atoms with Gasteiger partial charge < -0.3 is 0 Å². The lowest BCUT2D eigenvalue weighted by Gasteiger charge is -2.02. The lowest BCUT2D eigenvalue weighted by Crippen LogP contribution is -2.00. The molecule has 0 saturated carbocycles. The Bertz CT molecular complexity index is 333. The zero-order chi connectivity index (χ0) is 12.6. The summed E-state index contributed by atoms with van der Waals surface area (Å²) in [4.78, 5) is 0. The van der Waals surface area contributed by atoms with E-state index in [0.717, 1.165) is 11.3 Å². The lowest BCUT2D eigenvalue weighted by atomic mass is 10.2. The van der Waals surface area contributed by atoms with Crippen LogP contribution < -0.4 is 0 Å². The van der Waals surface area contributed by atoms with Gasteiger partial charge in [-0.3, -0.25) is 4.68 Å². The van der Waals surface area contributed by atoms with E-state index >= 15 is 0 Å². The highest BCUT2D eigenvalue weighted by Crippen LogP contribution is 2.13. The summed E-state index contributed by atoms with van der Waals surface area (Å²) in [5.41, 5.74) is 2.08. The fraction of sp³-hybridized carbons (Fsp3) is 0.500. The van der Waals surface area contributed by atoms with Crippen molar-refractivity contribution in [3.05, 3.63) is 30.1 Å². The van der Waals surface area contributed by atoms with E-state index in [2.05, 4.69) is 39.4 Å². The van der Waals surface area contributed by atoms with Crippen LogP contribution in [0.4, 0.5) is 0 Å². The second-order valence-corrected chi connectivity index (χ2v) is 3.95. The topological polar surface area (TPSA) is 17.8 Å². The fourth-order valence-corrected chi connectivity index (χ4v) is 1.13. The maximum absolute atomic E-state index is 4.43. The Balaban J connectivity index is 0.000000673. The van der Waals surface area contributed by atoms with E-state index in [-0.39, 0.29) is 0 Å². The van der Waals surface area contributed by atoms with Crippen molar-refractivity contribution in [3.63, 3.8) is 0 Å². The first-order valence-electron chi connectivity index (χ1n) is 5.94. The summed E-state index contributed by atoms with van der Waals surface area (Å²) in [6, 6.07) is 0.401. The van der Waals surface area contributed by atoms with Crippen LogP contribution in [0.1, 0.15) is 58.3 Å². The molecule has 0 aromatic carbocycles. The third-order valence-corrected chi connectivity index (χ3v) is 1.86. The van der Waals surface area contributed by atoms with Crippen LogP contribution in [0.3, 0.4) is 0 Å². The summed E-state index contributed by atoms with van der Waals surface area (Å²) in [6.07, 6.45) is 9.09. The molecule has 0 spiro atoms. The van der Waals surface area contributed by atoms with Gasteiger partial charge in [0.2, 0.25) is 0 Å². The molecule has 0 amide bonds. The van der Waals surface area contributed by atoms with Gasteiger partial charge in [-0.05, 0) is 26.8 Å². The standard InChI is InChI=1S/C11H16N2.C3H8/c1-5-7-11-10(6-2)8-13(12-11)9(3)4;1-3-2/h5-9H,2H2,1,3-4H3;3H2,1-2H3/b7-5-;. The number of aromatic nitrogens is 2. The van der Waals surface area contributed by atoms with E-state index in [1.54, 1.807) is 0 Å². The van der Waals surface area contributed by atoms with Crippen LogP contribution in [0.2, 0.25) is 0 Å². The Labute approximate surface area is 99.7 Å². The molecule has 16 heavy (non-hydrogen) atoms. The van der Waals surface area contributed by atoms with E-state index in [4.69, 9.17) is 0 Å². The van der Waals surface area contributed by atoms with Crippen LogP contribution >= 0.6 is 0 Å². The van der Waals surface area contributed by atoms with Crippen molar-refractivity contribution in [1.29, 1.82) is 0 Å². The molecule has 0 unspecified atom stereocenters. The molecule has 1 aromatic heterocycles. The first-order valence-corrected chi connectivity index (χ1v) is 5.94. The molecule has 0 aliphatic carbocycles. The molecule has 0 bridgehead atoms. The summed E-state index contributed by atoms with van der Waals surface area (Å²) < 4.78 is 1.95. The van der Waals surface area contributed by atoms with Gasteiger partial charge in [-0.25, -0.2) is 0 Å². The lowest BCUT2D eigenvalue weighted by molar-refractivity contribution is 0.531. The van der Waals surface area contributed by atoms with Gasteiger partial charge in [-0.1, -0.05) is 39.0 Å². The van der Waals surface area contributed by atoms with Gasteiger partial charge in [0.1, 0.15) is 0 Å². The second-order valence-electron chi connectivity index (χ2n) is 3.95. The van der Waals surface area contributed by atoms with Crippen molar-refractivity contribution < 1.29 is 0 Å². The molecule has 0 radical (unpaired) electrons. The quantitative estimate of drug-likeness (QED) is 0.730. The molecule has 0 aliphatic heterocycles. The highest BCUT2D eigenvalue weighted by molar-refractivity contribution is 5.60. The molecule has 0 atom stereocenters. The van der Waals surface area contributed by atoms with E-state index in [0.29, 0.717) is 6.04 Å². The van der Waals surface area contributed by atoms with E-state index in [1.165, 1.54) is 6.42 Å². The molecular formula is C14H24N2. The monoisotopic (exact) mass is 220 g/mol. The first-order chi connectivity index (χ1) is 7.60. The maximum atomic E-state index is 4.43. The van der Waals surface area contributed by atoms with Crippen LogP contribution in [0, 0.1) is 0 Å². The predicted octanol–water partition coefficient (Wildman–Crippen LogP) is 4.56. The van der Waals surface area contributed by atoms with Crippen LogP contribution in [0.5, 0.6) is 0 Å². The van der Waals surface area contributed by atoms with Crippen molar-refractivity contribution in [1.82, 2.24) is 9.78 Å². The predicted molar refractivity (Wildman–Crippen MR) is 73.4 cm³/mol. The molecule has 1 heterocycles. The zero-order valence-corrected chi connectivity index (χ0v) is 11.2. The van der Waals surface area contributed by atoms with E-state index in [9.17, 15) is 0 Å². The van der Waals surface area contributed by atoms with Crippen LogP contribution in [0.15, 0.2) is 18.9 Å². The van der Waals surface area contributed by atoms with Crippen molar-refractivity contribution in [3.8, 4) is 0 Å². The average molecular weight is 220 g/mol. The fourth-order valence-electron chi connectivity index (χ4n) is 1.13. The van der Waals surface area contributed by atoms with E-state index < -0.39 is 0 Å². The average Bonchev–Trinajstić information content (AvgIpc) is 2.63. The highest BCUT2D eigenvalue weighted by atomic mass is 15.3. The third kappa shape index (κ3) is 4.47. The Morgan fingerprint density at radius 1 is 1.44 bits per heavy atom. The SMILES string of the molecule is C=Cc1cn(C(C)C)nc1/C=C\C.CCC. The number of rotatable bonds is 3. The zero-order valence-electron chi connectivity index (χ0n) is 11.2. The molecular weight excluding hydrogens is 196 g/mol.